The Kier molecular flexibility index (Phi) is 11.9. The molecular formula is C24H36N4O7. The van der Waals surface area contributed by atoms with E-state index in [1.165, 1.54) is 0 Å². The Bertz CT molecular complexity index is 889. The number of hydrogen-bond acceptors (Lipinski definition) is 6. The summed E-state index contributed by atoms with van der Waals surface area (Å²) in [7, 11) is 0. The number of nitrogens with one attached hydrogen (secondary N) is 3. The normalized spacial score (nSPS) is 14.5. The van der Waals surface area contributed by atoms with E-state index < -0.39 is 60.2 Å². The molecule has 0 aromatic heterocycles. The molecule has 0 fully saturated rings. The van der Waals surface area contributed by atoms with Crippen molar-refractivity contribution in [2.45, 2.75) is 71.1 Å². The Hall–Kier alpha value is -3.47. The van der Waals surface area contributed by atoms with Crippen molar-refractivity contribution in [2.24, 2.45) is 17.6 Å². The molecule has 3 amide bonds. The third-order valence-electron chi connectivity index (χ3n) is 5.44. The molecule has 35 heavy (non-hydrogen) atoms. The first-order valence-electron chi connectivity index (χ1n) is 11.5. The van der Waals surface area contributed by atoms with E-state index in [1.54, 1.807) is 58.0 Å². The average molecular weight is 493 g/mol. The van der Waals surface area contributed by atoms with Crippen LogP contribution in [0.15, 0.2) is 30.3 Å². The lowest BCUT2D eigenvalue weighted by atomic mass is 9.99. The standard InChI is InChI=1S/C24H36N4O7/c1-13(2)19(25)22(32)28-20(14(3)4)23(33)26-16(10-11-18(29)30)21(31)27-17(24(34)35)12-15-8-6-5-7-9-15/h5-9,13-14,16-17,19-20H,10-12,25H2,1-4H3,(H,26,33)(H,27,31)(H,28,32)(H,29,30)(H,34,35). The molecule has 1 aromatic rings. The van der Waals surface area contributed by atoms with Crippen LogP contribution in [0.2, 0.25) is 0 Å². The second-order valence-electron chi connectivity index (χ2n) is 9.08. The minimum absolute atomic E-state index is 0.000717. The van der Waals surface area contributed by atoms with Gasteiger partial charge in [0.1, 0.15) is 18.1 Å². The SMILES string of the molecule is CC(C)C(N)C(=O)NC(C(=O)NC(CCC(=O)O)C(=O)NC(Cc1ccccc1)C(=O)O)C(C)C. The molecule has 0 aliphatic rings. The summed E-state index contributed by atoms with van der Waals surface area (Å²) in [4.78, 5) is 61.1. The molecule has 194 valence electrons. The highest BCUT2D eigenvalue weighted by Gasteiger charge is 2.32. The zero-order valence-electron chi connectivity index (χ0n) is 20.5. The first-order valence-corrected chi connectivity index (χ1v) is 11.5. The van der Waals surface area contributed by atoms with Gasteiger partial charge in [0, 0.05) is 12.8 Å². The van der Waals surface area contributed by atoms with Crippen molar-refractivity contribution in [1.29, 1.82) is 0 Å². The molecule has 4 unspecified atom stereocenters. The van der Waals surface area contributed by atoms with Gasteiger partial charge in [0.05, 0.1) is 6.04 Å². The van der Waals surface area contributed by atoms with Crippen LogP contribution in [-0.2, 0) is 30.4 Å². The van der Waals surface area contributed by atoms with Gasteiger partial charge in [-0.1, -0.05) is 58.0 Å². The quantitative estimate of drug-likeness (QED) is 0.213. The monoisotopic (exact) mass is 492 g/mol. The molecular weight excluding hydrogens is 456 g/mol. The maximum atomic E-state index is 13.0. The molecule has 0 saturated carbocycles. The highest BCUT2D eigenvalue weighted by atomic mass is 16.4. The van der Waals surface area contributed by atoms with E-state index in [0.29, 0.717) is 5.56 Å². The van der Waals surface area contributed by atoms with E-state index in [0.717, 1.165) is 0 Å². The zero-order chi connectivity index (χ0) is 26.7. The fraction of sp³-hybridized carbons (Fsp3) is 0.542. The number of amides is 3. The minimum Gasteiger partial charge on any atom is -0.481 e. The highest BCUT2D eigenvalue weighted by molar-refractivity contribution is 5.94. The summed E-state index contributed by atoms with van der Waals surface area (Å²) >= 11 is 0. The fourth-order valence-electron chi connectivity index (χ4n) is 3.21. The van der Waals surface area contributed by atoms with Crippen LogP contribution in [0.25, 0.3) is 0 Å². The molecule has 11 nitrogen and oxygen atoms in total. The Morgan fingerprint density at radius 1 is 0.800 bits per heavy atom. The van der Waals surface area contributed by atoms with E-state index >= 15 is 0 Å². The first-order chi connectivity index (χ1) is 16.3. The molecule has 0 saturated heterocycles. The number of benzene rings is 1. The van der Waals surface area contributed by atoms with Gasteiger partial charge in [-0.25, -0.2) is 4.79 Å². The summed E-state index contributed by atoms with van der Waals surface area (Å²) in [6.45, 7) is 6.90. The predicted octanol–water partition coefficient (Wildman–Crippen LogP) is 0.272. The summed E-state index contributed by atoms with van der Waals surface area (Å²) in [6.07, 6.45) is -0.708. The number of carboxylic acid groups (broad SMARTS) is 2. The summed E-state index contributed by atoms with van der Waals surface area (Å²) in [6, 6.07) is 4.17. The van der Waals surface area contributed by atoms with Crippen molar-refractivity contribution in [3.8, 4) is 0 Å². The van der Waals surface area contributed by atoms with Crippen molar-refractivity contribution < 1.29 is 34.2 Å². The molecule has 0 radical (unpaired) electrons. The Morgan fingerprint density at radius 3 is 1.86 bits per heavy atom. The van der Waals surface area contributed by atoms with Crippen molar-refractivity contribution in [2.75, 3.05) is 0 Å². The fourth-order valence-corrected chi connectivity index (χ4v) is 3.21. The number of carbonyl (C=O) groups is 5. The Labute approximate surface area is 204 Å². The van der Waals surface area contributed by atoms with Crippen molar-refractivity contribution in [3.63, 3.8) is 0 Å². The summed E-state index contributed by atoms with van der Waals surface area (Å²) in [5.41, 5.74) is 6.53. The van der Waals surface area contributed by atoms with Gasteiger partial charge in [0.15, 0.2) is 0 Å². The maximum Gasteiger partial charge on any atom is 0.326 e. The van der Waals surface area contributed by atoms with Gasteiger partial charge in [-0.15, -0.1) is 0 Å². The summed E-state index contributed by atoms with van der Waals surface area (Å²) in [5.74, 6) is -5.08. The van der Waals surface area contributed by atoms with Crippen LogP contribution >= 0.6 is 0 Å². The topological polar surface area (TPSA) is 188 Å². The molecule has 0 bridgehead atoms. The van der Waals surface area contributed by atoms with Crippen LogP contribution in [-0.4, -0.2) is 64.0 Å². The molecule has 7 N–H and O–H groups in total. The van der Waals surface area contributed by atoms with Crippen LogP contribution in [0.5, 0.6) is 0 Å². The molecule has 1 aromatic carbocycles. The minimum atomic E-state index is -1.33. The highest BCUT2D eigenvalue weighted by Crippen LogP contribution is 2.09. The Balaban J connectivity index is 3.02. The molecule has 1 rings (SSSR count). The van der Waals surface area contributed by atoms with Gasteiger partial charge in [-0.3, -0.25) is 19.2 Å². The van der Waals surface area contributed by atoms with E-state index in [9.17, 15) is 29.1 Å². The van der Waals surface area contributed by atoms with Crippen LogP contribution in [0.3, 0.4) is 0 Å². The number of carboxylic acids is 2. The van der Waals surface area contributed by atoms with E-state index in [-0.39, 0.29) is 24.7 Å². The second-order valence-corrected chi connectivity index (χ2v) is 9.08. The average Bonchev–Trinajstić information content (AvgIpc) is 2.78. The predicted molar refractivity (Wildman–Crippen MR) is 128 cm³/mol. The molecule has 11 heteroatoms. The lowest BCUT2D eigenvalue weighted by Crippen LogP contribution is -2.59. The van der Waals surface area contributed by atoms with Crippen molar-refractivity contribution >= 4 is 29.7 Å². The second kappa shape index (κ2) is 14.1. The van der Waals surface area contributed by atoms with E-state index in [1.807, 2.05) is 0 Å². The third kappa shape index (κ3) is 10.1. The maximum absolute atomic E-state index is 13.0. The zero-order valence-corrected chi connectivity index (χ0v) is 20.5. The third-order valence-corrected chi connectivity index (χ3v) is 5.44. The van der Waals surface area contributed by atoms with Crippen LogP contribution < -0.4 is 21.7 Å². The molecule has 0 aliphatic heterocycles. The molecule has 0 heterocycles. The summed E-state index contributed by atoms with van der Waals surface area (Å²) < 4.78 is 0. The Morgan fingerprint density at radius 2 is 1.37 bits per heavy atom. The van der Waals surface area contributed by atoms with Gasteiger partial charge in [0.25, 0.3) is 0 Å². The van der Waals surface area contributed by atoms with E-state index in [2.05, 4.69) is 16.0 Å². The van der Waals surface area contributed by atoms with Gasteiger partial charge in [0.2, 0.25) is 17.7 Å². The van der Waals surface area contributed by atoms with Gasteiger partial charge in [-0.05, 0) is 23.8 Å². The van der Waals surface area contributed by atoms with Gasteiger partial charge in [-0.2, -0.15) is 0 Å². The van der Waals surface area contributed by atoms with Crippen LogP contribution in [0, 0.1) is 11.8 Å². The smallest absolute Gasteiger partial charge is 0.326 e. The number of aliphatic carboxylic acids is 2. The van der Waals surface area contributed by atoms with Gasteiger partial charge < -0.3 is 31.9 Å². The molecule has 0 aliphatic carbocycles. The number of carbonyl (C=O) groups excluding carboxylic acids is 3. The number of rotatable bonds is 14. The number of hydrogen-bond donors (Lipinski definition) is 6. The van der Waals surface area contributed by atoms with Crippen molar-refractivity contribution in [1.82, 2.24) is 16.0 Å². The van der Waals surface area contributed by atoms with E-state index in [4.69, 9.17) is 10.8 Å². The van der Waals surface area contributed by atoms with Gasteiger partial charge >= 0.3 is 11.9 Å². The lowest BCUT2D eigenvalue weighted by molar-refractivity contribution is -0.143. The molecule has 4 atom stereocenters. The largest absolute Gasteiger partial charge is 0.481 e. The van der Waals surface area contributed by atoms with Crippen LogP contribution in [0.4, 0.5) is 0 Å². The lowest BCUT2D eigenvalue weighted by Gasteiger charge is -2.27. The number of nitrogens with two attached hydrogens (primary N) is 1. The van der Waals surface area contributed by atoms with Crippen LogP contribution in [0.1, 0.15) is 46.1 Å². The van der Waals surface area contributed by atoms with Crippen molar-refractivity contribution in [3.05, 3.63) is 35.9 Å². The molecule has 0 spiro atoms. The first kappa shape index (κ1) is 29.6. The summed E-state index contributed by atoms with van der Waals surface area (Å²) in [5, 5.41) is 26.1.